The number of nitrogens with one attached hydrogen (secondary N) is 1. The van der Waals surface area contributed by atoms with Gasteiger partial charge in [0.25, 0.3) is 0 Å². The van der Waals surface area contributed by atoms with E-state index in [2.05, 4.69) is 4.84 Å². The van der Waals surface area contributed by atoms with Gasteiger partial charge in [0.1, 0.15) is 5.60 Å². The molecule has 0 atom stereocenters. The maximum absolute atomic E-state index is 11.7. The van der Waals surface area contributed by atoms with Gasteiger partial charge in [-0.25, -0.2) is 9.63 Å². The first-order valence-corrected chi connectivity index (χ1v) is 6.11. The first-order valence-electron chi connectivity index (χ1n) is 5.74. The summed E-state index contributed by atoms with van der Waals surface area (Å²) >= 11 is 5.47. The molecule has 1 heterocycles. The van der Waals surface area contributed by atoms with Crippen molar-refractivity contribution in [3.63, 3.8) is 0 Å². The molecule has 0 aromatic heterocycles. The van der Waals surface area contributed by atoms with E-state index in [-0.39, 0.29) is 6.09 Å². The molecule has 1 rings (SSSR count). The zero-order valence-corrected chi connectivity index (χ0v) is 11.0. The fraction of sp³-hybridized carbons (Fsp3) is 0.909. The lowest BCUT2D eigenvalue weighted by molar-refractivity contribution is 0.0186. The molecule has 16 heavy (non-hydrogen) atoms. The van der Waals surface area contributed by atoms with Gasteiger partial charge in [0.2, 0.25) is 0 Å². The van der Waals surface area contributed by atoms with E-state index in [1.165, 1.54) is 0 Å². The van der Waals surface area contributed by atoms with Gasteiger partial charge >= 0.3 is 6.09 Å². The van der Waals surface area contributed by atoms with Crippen molar-refractivity contribution in [3.05, 3.63) is 0 Å². The van der Waals surface area contributed by atoms with Crippen molar-refractivity contribution in [1.82, 2.24) is 9.74 Å². The fourth-order valence-electron chi connectivity index (χ4n) is 1.76. The number of likely N-dealkylation sites (tertiary alicyclic amines) is 1. The topological polar surface area (TPSA) is 41.6 Å². The van der Waals surface area contributed by atoms with Gasteiger partial charge in [-0.15, -0.1) is 0 Å². The molecule has 0 unspecified atom stereocenters. The Bertz CT molecular complexity index is 233. The van der Waals surface area contributed by atoms with Crippen molar-refractivity contribution in [2.45, 2.75) is 39.2 Å². The van der Waals surface area contributed by atoms with Gasteiger partial charge < -0.3 is 9.64 Å². The summed E-state index contributed by atoms with van der Waals surface area (Å²) in [6.45, 7) is 7.99. The third-order valence-corrected chi connectivity index (χ3v) is 2.79. The number of carbonyl (C=O) groups excluding carboxylic acids is 1. The van der Waals surface area contributed by atoms with Gasteiger partial charge in [-0.1, -0.05) is 0 Å². The molecule has 0 radical (unpaired) electrons. The van der Waals surface area contributed by atoms with Gasteiger partial charge in [-0.05, 0) is 51.3 Å². The predicted molar refractivity (Wildman–Crippen MR) is 64.4 cm³/mol. The Morgan fingerprint density at radius 2 is 2.00 bits per heavy atom. The van der Waals surface area contributed by atoms with Crippen LogP contribution < -0.4 is 4.84 Å². The van der Waals surface area contributed by atoms with Gasteiger partial charge in [0, 0.05) is 19.6 Å². The molecule has 1 aliphatic rings. The maximum atomic E-state index is 11.7. The Balaban J connectivity index is 2.33. The van der Waals surface area contributed by atoms with Crippen LogP contribution in [-0.2, 0) is 4.74 Å². The van der Waals surface area contributed by atoms with Crippen LogP contribution in [0.2, 0.25) is 0 Å². The summed E-state index contributed by atoms with van der Waals surface area (Å²) < 4.78 is 5.32. The Kier molecular flexibility index (Phi) is 4.87. The number of amides is 1. The number of nitrogens with zero attached hydrogens (tertiary/aromatic N) is 1. The van der Waals surface area contributed by atoms with Crippen LogP contribution in [0.15, 0.2) is 0 Å². The zero-order valence-electron chi connectivity index (χ0n) is 10.3. The molecule has 0 aromatic carbocycles. The normalized spacial score (nSPS) is 18.6. The molecule has 0 aromatic rings. The Morgan fingerprint density at radius 1 is 1.44 bits per heavy atom. The molecular formula is C11H21ClN2O2. The van der Waals surface area contributed by atoms with Crippen LogP contribution >= 0.6 is 11.8 Å². The van der Waals surface area contributed by atoms with Gasteiger partial charge in [0.15, 0.2) is 0 Å². The van der Waals surface area contributed by atoms with Crippen molar-refractivity contribution >= 4 is 17.9 Å². The molecule has 1 fully saturated rings. The molecule has 0 saturated carbocycles. The van der Waals surface area contributed by atoms with E-state index < -0.39 is 5.60 Å². The standard InChI is InChI=1S/C11H21ClN2O2/c1-11(2,3)16-10(15)14-6-4-9(5-7-14)8-13-12/h9,13H,4-8H2,1-3H3. The lowest BCUT2D eigenvalue weighted by Gasteiger charge is -2.33. The predicted octanol–water partition coefficient (Wildman–Crippen LogP) is 2.38. The smallest absolute Gasteiger partial charge is 0.410 e. The van der Waals surface area contributed by atoms with Crippen LogP contribution in [0.4, 0.5) is 4.79 Å². The van der Waals surface area contributed by atoms with Crippen molar-refractivity contribution in [3.8, 4) is 0 Å². The SMILES string of the molecule is CC(C)(C)OC(=O)N1CCC(CNCl)CC1. The third-order valence-electron chi connectivity index (χ3n) is 2.63. The van der Waals surface area contributed by atoms with Gasteiger partial charge in [0.05, 0.1) is 0 Å². The monoisotopic (exact) mass is 248 g/mol. The zero-order chi connectivity index (χ0) is 12.2. The Labute approximate surface area is 102 Å². The average Bonchev–Trinajstić information content (AvgIpc) is 2.16. The molecule has 4 nitrogen and oxygen atoms in total. The van der Waals surface area contributed by atoms with Crippen molar-refractivity contribution in [2.24, 2.45) is 5.92 Å². The number of hydrogen-bond acceptors (Lipinski definition) is 3. The molecule has 1 aliphatic heterocycles. The van der Waals surface area contributed by atoms with Crippen LogP contribution in [0.3, 0.4) is 0 Å². The summed E-state index contributed by atoms with van der Waals surface area (Å²) in [6.07, 6.45) is 1.77. The number of halogens is 1. The summed E-state index contributed by atoms with van der Waals surface area (Å²) in [5.74, 6) is 0.566. The van der Waals surface area contributed by atoms with E-state index in [0.29, 0.717) is 5.92 Å². The van der Waals surface area contributed by atoms with Crippen molar-refractivity contribution in [1.29, 1.82) is 0 Å². The third kappa shape index (κ3) is 4.58. The Morgan fingerprint density at radius 3 is 2.44 bits per heavy atom. The number of ether oxygens (including phenoxy) is 1. The van der Waals surface area contributed by atoms with Gasteiger partial charge in [-0.3, -0.25) is 0 Å². The molecule has 1 amide bonds. The second-order valence-corrected chi connectivity index (χ2v) is 5.52. The van der Waals surface area contributed by atoms with E-state index in [0.717, 1.165) is 32.5 Å². The quantitative estimate of drug-likeness (QED) is 0.763. The number of piperidine rings is 1. The second kappa shape index (κ2) is 5.73. The van der Waals surface area contributed by atoms with Crippen LogP contribution in [0.1, 0.15) is 33.6 Å². The van der Waals surface area contributed by atoms with Crippen molar-refractivity contribution < 1.29 is 9.53 Å². The molecule has 1 saturated heterocycles. The van der Waals surface area contributed by atoms with E-state index >= 15 is 0 Å². The van der Waals surface area contributed by atoms with E-state index in [1.54, 1.807) is 4.90 Å². The summed E-state index contributed by atoms with van der Waals surface area (Å²) in [4.78, 5) is 16.2. The highest BCUT2D eigenvalue weighted by atomic mass is 35.5. The summed E-state index contributed by atoms with van der Waals surface area (Å²) in [6, 6.07) is 0. The molecule has 94 valence electrons. The van der Waals surface area contributed by atoms with Crippen LogP contribution in [0.5, 0.6) is 0 Å². The van der Waals surface area contributed by atoms with E-state index in [9.17, 15) is 4.79 Å². The molecule has 5 heteroatoms. The Hall–Kier alpha value is -0.480. The van der Waals surface area contributed by atoms with E-state index in [4.69, 9.17) is 16.5 Å². The fourth-order valence-corrected chi connectivity index (χ4v) is 1.97. The number of rotatable bonds is 2. The number of carbonyl (C=O) groups is 1. The molecule has 0 bridgehead atoms. The second-order valence-electron chi connectivity index (χ2n) is 5.25. The minimum Gasteiger partial charge on any atom is -0.444 e. The van der Waals surface area contributed by atoms with Crippen molar-refractivity contribution in [2.75, 3.05) is 19.6 Å². The van der Waals surface area contributed by atoms with Crippen LogP contribution in [0, 0.1) is 5.92 Å². The van der Waals surface area contributed by atoms with Gasteiger partial charge in [-0.2, -0.15) is 0 Å². The lowest BCUT2D eigenvalue weighted by atomic mass is 9.97. The highest BCUT2D eigenvalue weighted by Crippen LogP contribution is 2.19. The molecule has 1 N–H and O–H groups in total. The van der Waals surface area contributed by atoms with Crippen LogP contribution in [0.25, 0.3) is 0 Å². The molecular weight excluding hydrogens is 228 g/mol. The van der Waals surface area contributed by atoms with Crippen LogP contribution in [-0.4, -0.2) is 36.2 Å². The summed E-state index contributed by atoms with van der Waals surface area (Å²) in [5, 5.41) is 0. The maximum Gasteiger partial charge on any atom is 0.410 e. The van der Waals surface area contributed by atoms with E-state index in [1.807, 2.05) is 20.8 Å². The lowest BCUT2D eigenvalue weighted by Crippen LogP contribution is -2.42. The first-order chi connectivity index (χ1) is 7.42. The number of hydrogen-bond donors (Lipinski definition) is 1. The largest absolute Gasteiger partial charge is 0.444 e. The summed E-state index contributed by atoms with van der Waals surface area (Å²) in [5.41, 5.74) is -0.411. The first kappa shape index (κ1) is 13.6. The minimum absolute atomic E-state index is 0.204. The highest BCUT2D eigenvalue weighted by Gasteiger charge is 2.26. The molecule has 0 aliphatic carbocycles. The minimum atomic E-state index is -0.411. The summed E-state index contributed by atoms with van der Waals surface area (Å²) in [7, 11) is 0. The highest BCUT2D eigenvalue weighted by molar-refractivity contribution is 6.13. The average molecular weight is 249 g/mol. The molecule has 0 spiro atoms.